The highest BCUT2D eigenvalue weighted by atomic mass is 19.1. The van der Waals surface area contributed by atoms with Crippen LogP contribution in [0.25, 0.3) is 0 Å². The number of aryl methyl sites for hydroxylation is 3. The average molecular weight is 361 g/mol. The van der Waals surface area contributed by atoms with Crippen LogP contribution in [0.5, 0.6) is 0 Å². The molecule has 2 aromatic rings. The lowest BCUT2D eigenvalue weighted by Crippen LogP contribution is -2.40. The zero-order valence-corrected chi connectivity index (χ0v) is 15.1. The van der Waals surface area contributed by atoms with Crippen molar-refractivity contribution in [3.8, 4) is 0 Å². The number of carbonyl (C=O) groups is 1. The Balaban J connectivity index is 1.47. The molecule has 0 spiro atoms. The van der Waals surface area contributed by atoms with E-state index in [9.17, 15) is 13.6 Å². The Kier molecular flexibility index (Phi) is 6.01. The maximum Gasteiger partial charge on any atom is 0.222 e. The summed E-state index contributed by atoms with van der Waals surface area (Å²) < 4.78 is 28.5. The van der Waals surface area contributed by atoms with Crippen LogP contribution in [0.15, 0.2) is 30.6 Å². The van der Waals surface area contributed by atoms with Crippen molar-refractivity contribution in [1.82, 2.24) is 14.7 Å². The molecule has 140 valence electrons. The number of hydrogen-bond acceptors (Lipinski definition) is 2. The fourth-order valence-corrected chi connectivity index (χ4v) is 3.62. The third-order valence-corrected chi connectivity index (χ3v) is 5.09. The average Bonchev–Trinajstić information content (AvgIpc) is 3.04. The minimum absolute atomic E-state index is 0.173. The number of carbonyl (C=O) groups excluding carboxylic acids is 1. The molecule has 0 radical (unpaired) electrons. The number of nitrogens with zero attached hydrogens (tertiary/aromatic N) is 3. The summed E-state index contributed by atoms with van der Waals surface area (Å²) in [7, 11) is 1.87. The lowest BCUT2D eigenvalue weighted by atomic mass is 9.91. The van der Waals surface area contributed by atoms with E-state index in [0.717, 1.165) is 44.0 Å². The molecule has 4 nitrogen and oxygen atoms in total. The summed E-state index contributed by atoms with van der Waals surface area (Å²) in [5, 5.41) is 4.12. The Hall–Kier alpha value is -2.24. The Morgan fingerprint density at radius 3 is 2.88 bits per heavy atom. The van der Waals surface area contributed by atoms with E-state index in [1.807, 2.05) is 18.1 Å². The summed E-state index contributed by atoms with van der Waals surface area (Å²) in [6.45, 7) is 1.53. The van der Waals surface area contributed by atoms with E-state index in [1.54, 1.807) is 10.9 Å². The predicted molar refractivity (Wildman–Crippen MR) is 95.5 cm³/mol. The Labute approximate surface area is 152 Å². The minimum atomic E-state index is -0.547. The molecule has 0 bridgehead atoms. The number of aromatic nitrogens is 2. The van der Waals surface area contributed by atoms with Crippen LogP contribution in [0.2, 0.25) is 0 Å². The van der Waals surface area contributed by atoms with E-state index in [1.165, 1.54) is 12.1 Å². The third-order valence-electron chi connectivity index (χ3n) is 5.09. The highest BCUT2D eigenvalue weighted by Gasteiger charge is 2.23. The van der Waals surface area contributed by atoms with Gasteiger partial charge in [0, 0.05) is 38.8 Å². The smallest absolute Gasteiger partial charge is 0.222 e. The summed E-state index contributed by atoms with van der Waals surface area (Å²) >= 11 is 0. The number of rotatable bonds is 6. The molecule has 0 aliphatic carbocycles. The van der Waals surface area contributed by atoms with E-state index in [4.69, 9.17) is 0 Å². The SMILES string of the molecule is Cn1cc(CCC(=O)N2CCC[C@H](CCc3ccc(F)cc3F)C2)cn1. The fraction of sp³-hybridized carbons (Fsp3) is 0.500. The molecule has 6 heteroatoms. The van der Waals surface area contributed by atoms with Crippen LogP contribution in [0.3, 0.4) is 0 Å². The fourth-order valence-electron chi connectivity index (χ4n) is 3.62. The van der Waals surface area contributed by atoms with Crippen molar-refractivity contribution in [3.63, 3.8) is 0 Å². The number of benzene rings is 1. The van der Waals surface area contributed by atoms with Crippen LogP contribution in [0.4, 0.5) is 8.78 Å². The van der Waals surface area contributed by atoms with E-state index in [0.29, 0.717) is 30.7 Å². The first-order valence-electron chi connectivity index (χ1n) is 9.20. The lowest BCUT2D eigenvalue weighted by Gasteiger charge is -2.33. The van der Waals surface area contributed by atoms with Crippen LogP contribution < -0.4 is 0 Å². The summed E-state index contributed by atoms with van der Waals surface area (Å²) in [6, 6.07) is 3.75. The van der Waals surface area contributed by atoms with Gasteiger partial charge >= 0.3 is 0 Å². The maximum atomic E-state index is 13.8. The van der Waals surface area contributed by atoms with Gasteiger partial charge in [0.1, 0.15) is 11.6 Å². The highest BCUT2D eigenvalue weighted by Crippen LogP contribution is 2.23. The van der Waals surface area contributed by atoms with Crippen molar-refractivity contribution in [1.29, 1.82) is 0 Å². The van der Waals surface area contributed by atoms with Crippen molar-refractivity contribution in [2.75, 3.05) is 13.1 Å². The predicted octanol–water partition coefficient (Wildman–Crippen LogP) is 3.50. The van der Waals surface area contributed by atoms with Crippen LogP contribution in [-0.2, 0) is 24.7 Å². The van der Waals surface area contributed by atoms with Gasteiger partial charge in [-0.15, -0.1) is 0 Å². The maximum absolute atomic E-state index is 13.8. The first-order chi connectivity index (χ1) is 12.5. The van der Waals surface area contributed by atoms with Crippen LogP contribution in [-0.4, -0.2) is 33.7 Å². The van der Waals surface area contributed by atoms with E-state index in [-0.39, 0.29) is 5.91 Å². The molecule has 3 rings (SSSR count). The quantitative estimate of drug-likeness (QED) is 0.790. The van der Waals surface area contributed by atoms with Gasteiger partial charge in [-0.1, -0.05) is 6.07 Å². The molecule has 1 amide bonds. The van der Waals surface area contributed by atoms with E-state index >= 15 is 0 Å². The second-order valence-corrected chi connectivity index (χ2v) is 7.14. The molecular formula is C20H25F2N3O. The molecule has 0 N–H and O–H groups in total. The molecule has 1 aliphatic rings. The second kappa shape index (κ2) is 8.43. The van der Waals surface area contributed by atoms with Gasteiger partial charge in [-0.25, -0.2) is 8.78 Å². The van der Waals surface area contributed by atoms with Crippen LogP contribution >= 0.6 is 0 Å². The van der Waals surface area contributed by atoms with Gasteiger partial charge in [-0.05, 0) is 55.2 Å². The molecular weight excluding hydrogens is 336 g/mol. The molecule has 1 aromatic carbocycles. The summed E-state index contributed by atoms with van der Waals surface area (Å²) in [5.74, 6) is -0.485. The van der Waals surface area contributed by atoms with Gasteiger partial charge in [0.15, 0.2) is 0 Å². The third kappa shape index (κ3) is 4.90. The van der Waals surface area contributed by atoms with Gasteiger partial charge in [0.2, 0.25) is 5.91 Å². The zero-order valence-electron chi connectivity index (χ0n) is 15.1. The monoisotopic (exact) mass is 361 g/mol. The van der Waals surface area contributed by atoms with E-state index in [2.05, 4.69) is 5.10 Å². The molecule has 0 saturated carbocycles. The number of hydrogen-bond donors (Lipinski definition) is 0. The second-order valence-electron chi connectivity index (χ2n) is 7.14. The van der Waals surface area contributed by atoms with Gasteiger partial charge in [-0.2, -0.15) is 5.10 Å². The summed E-state index contributed by atoms with van der Waals surface area (Å²) in [4.78, 5) is 14.4. The van der Waals surface area contributed by atoms with Crippen LogP contribution in [0.1, 0.15) is 36.8 Å². The molecule has 1 aromatic heterocycles. The summed E-state index contributed by atoms with van der Waals surface area (Å²) in [6.07, 6.45) is 8.35. The molecule has 26 heavy (non-hydrogen) atoms. The molecule has 1 aliphatic heterocycles. The van der Waals surface area contributed by atoms with Crippen molar-refractivity contribution in [2.24, 2.45) is 13.0 Å². The zero-order chi connectivity index (χ0) is 18.5. The largest absolute Gasteiger partial charge is 0.342 e. The molecule has 1 fully saturated rings. The molecule has 1 saturated heterocycles. The van der Waals surface area contributed by atoms with Gasteiger partial charge in [0.05, 0.1) is 6.20 Å². The number of piperidine rings is 1. The summed E-state index contributed by atoms with van der Waals surface area (Å²) in [5.41, 5.74) is 1.62. The van der Waals surface area contributed by atoms with E-state index < -0.39 is 11.6 Å². The molecule has 0 unspecified atom stereocenters. The van der Waals surface area contributed by atoms with Gasteiger partial charge in [-0.3, -0.25) is 9.48 Å². The molecule has 2 heterocycles. The first-order valence-corrected chi connectivity index (χ1v) is 9.20. The van der Waals surface area contributed by atoms with Crippen molar-refractivity contribution in [2.45, 2.75) is 38.5 Å². The number of likely N-dealkylation sites (tertiary alicyclic amines) is 1. The van der Waals surface area contributed by atoms with Gasteiger partial charge in [0.25, 0.3) is 0 Å². The first kappa shape index (κ1) is 18.5. The topological polar surface area (TPSA) is 38.1 Å². The van der Waals surface area contributed by atoms with Crippen molar-refractivity contribution >= 4 is 5.91 Å². The number of halogens is 2. The van der Waals surface area contributed by atoms with Crippen molar-refractivity contribution < 1.29 is 13.6 Å². The molecule has 1 atom stereocenters. The Morgan fingerprint density at radius 2 is 2.15 bits per heavy atom. The highest BCUT2D eigenvalue weighted by molar-refractivity contribution is 5.76. The van der Waals surface area contributed by atoms with Crippen LogP contribution in [0, 0.1) is 17.6 Å². The Bertz CT molecular complexity index is 759. The normalized spacial score (nSPS) is 17.5. The standard InChI is InChI=1S/C20H25F2N3O/c1-24-13-16(12-23-24)5-9-20(26)25-10-2-3-15(14-25)4-6-17-7-8-18(21)11-19(17)22/h7-8,11-13,15H,2-6,9-10,14H2,1H3/t15-/m1/s1. The lowest BCUT2D eigenvalue weighted by molar-refractivity contribution is -0.133. The Morgan fingerprint density at radius 1 is 1.31 bits per heavy atom. The minimum Gasteiger partial charge on any atom is -0.342 e. The van der Waals surface area contributed by atoms with Gasteiger partial charge < -0.3 is 4.90 Å². The number of amides is 1. The van der Waals surface area contributed by atoms with Crippen molar-refractivity contribution in [3.05, 3.63) is 53.4 Å².